The van der Waals surface area contributed by atoms with Crippen LogP contribution in [0.5, 0.6) is 0 Å². The van der Waals surface area contributed by atoms with Crippen molar-refractivity contribution in [3.05, 3.63) is 35.9 Å². The van der Waals surface area contributed by atoms with Crippen molar-refractivity contribution < 1.29 is 14.4 Å². The Labute approximate surface area is 172 Å². The number of piperidine rings is 1. The zero-order valence-electron chi connectivity index (χ0n) is 16.9. The molecule has 0 aromatic heterocycles. The molecule has 1 aromatic carbocycles. The van der Waals surface area contributed by atoms with Crippen molar-refractivity contribution in [3.63, 3.8) is 0 Å². The molecule has 3 amide bonds. The van der Waals surface area contributed by atoms with Gasteiger partial charge < -0.3 is 15.5 Å². The average Bonchev–Trinajstić information content (AvgIpc) is 3.40. The first-order chi connectivity index (χ1) is 14.1. The first kappa shape index (κ1) is 19.9. The summed E-state index contributed by atoms with van der Waals surface area (Å²) in [6.07, 6.45) is 7.85. The third-order valence-corrected chi connectivity index (χ3v) is 6.56. The smallest absolute Gasteiger partial charge is 0.251 e. The van der Waals surface area contributed by atoms with Crippen molar-refractivity contribution in [2.24, 2.45) is 11.8 Å². The van der Waals surface area contributed by atoms with Gasteiger partial charge in [-0.2, -0.15) is 0 Å². The Hall–Kier alpha value is -2.37. The maximum Gasteiger partial charge on any atom is 0.251 e. The number of carbonyl (C=O) groups is 3. The van der Waals surface area contributed by atoms with Gasteiger partial charge in [-0.25, -0.2) is 0 Å². The van der Waals surface area contributed by atoms with E-state index in [9.17, 15) is 14.4 Å². The lowest BCUT2D eigenvalue weighted by Gasteiger charge is -2.36. The molecule has 3 fully saturated rings. The summed E-state index contributed by atoms with van der Waals surface area (Å²) in [5.41, 5.74) is 0.561. The summed E-state index contributed by atoms with van der Waals surface area (Å²) >= 11 is 0. The number of likely N-dealkylation sites (tertiary alicyclic amines) is 1. The van der Waals surface area contributed by atoms with Crippen molar-refractivity contribution in [2.75, 3.05) is 13.1 Å². The first-order valence-electron chi connectivity index (χ1n) is 11.1. The fraction of sp³-hybridized carbons (Fsp3) is 0.609. The summed E-state index contributed by atoms with van der Waals surface area (Å²) in [5.74, 6) is 0.226. The van der Waals surface area contributed by atoms with Crippen molar-refractivity contribution in [3.8, 4) is 0 Å². The second-order valence-electron chi connectivity index (χ2n) is 8.74. The Bertz CT molecular complexity index is 733. The zero-order chi connectivity index (χ0) is 20.2. The summed E-state index contributed by atoms with van der Waals surface area (Å²) in [5, 5.41) is 6.03. The van der Waals surface area contributed by atoms with Crippen LogP contribution in [0.15, 0.2) is 30.3 Å². The third-order valence-electron chi connectivity index (χ3n) is 6.56. The average molecular weight is 398 g/mol. The van der Waals surface area contributed by atoms with Gasteiger partial charge in [0.15, 0.2) is 0 Å². The van der Waals surface area contributed by atoms with E-state index in [2.05, 4.69) is 10.6 Å². The number of benzene rings is 1. The molecule has 1 saturated heterocycles. The molecule has 2 saturated carbocycles. The Kier molecular flexibility index (Phi) is 6.16. The fourth-order valence-electron chi connectivity index (χ4n) is 4.61. The molecule has 1 aromatic rings. The molecule has 0 radical (unpaired) electrons. The fourth-order valence-corrected chi connectivity index (χ4v) is 4.61. The van der Waals surface area contributed by atoms with E-state index in [1.54, 1.807) is 12.1 Å². The second kappa shape index (κ2) is 8.97. The van der Waals surface area contributed by atoms with Gasteiger partial charge in [-0.3, -0.25) is 14.4 Å². The Morgan fingerprint density at radius 1 is 0.897 bits per heavy atom. The number of nitrogens with zero attached hydrogens (tertiary/aromatic N) is 1. The number of nitrogens with one attached hydrogen (secondary N) is 2. The van der Waals surface area contributed by atoms with Crippen LogP contribution >= 0.6 is 0 Å². The molecule has 1 aliphatic heterocycles. The van der Waals surface area contributed by atoms with E-state index >= 15 is 0 Å². The highest BCUT2D eigenvalue weighted by Gasteiger charge is 2.37. The molecule has 4 rings (SSSR count). The van der Waals surface area contributed by atoms with E-state index in [0.717, 1.165) is 51.4 Å². The standard InChI is InChI=1S/C23H31N3O3/c27-21(17-6-2-1-3-7-17)25-20(22(28)24-19-10-11-19)16-12-14-26(15-13-16)23(29)18-8-4-5-9-18/h1-3,6-7,16,18-20H,4-5,8-15H2,(H,24,28)(H,25,27)/t20-/m1/s1. The van der Waals surface area contributed by atoms with Crippen molar-refractivity contribution >= 4 is 17.7 Å². The van der Waals surface area contributed by atoms with Crippen LogP contribution in [-0.2, 0) is 9.59 Å². The minimum Gasteiger partial charge on any atom is -0.352 e. The van der Waals surface area contributed by atoms with Crippen LogP contribution in [0.3, 0.4) is 0 Å². The van der Waals surface area contributed by atoms with E-state index in [4.69, 9.17) is 0 Å². The van der Waals surface area contributed by atoms with Crippen LogP contribution in [0, 0.1) is 11.8 Å². The van der Waals surface area contributed by atoms with Gasteiger partial charge in [0.1, 0.15) is 6.04 Å². The predicted octanol–water partition coefficient (Wildman–Crippen LogP) is 2.49. The van der Waals surface area contributed by atoms with Gasteiger partial charge in [-0.05, 0) is 56.6 Å². The molecule has 2 aliphatic carbocycles. The van der Waals surface area contributed by atoms with Gasteiger partial charge >= 0.3 is 0 Å². The molecule has 2 N–H and O–H groups in total. The molecule has 6 nitrogen and oxygen atoms in total. The van der Waals surface area contributed by atoms with E-state index in [1.165, 1.54) is 0 Å². The second-order valence-corrected chi connectivity index (χ2v) is 8.74. The molecule has 0 bridgehead atoms. The monoisotopic (exact) mass is 397 g/mol. The normalized spacial score (nSPS) is 21.6. The Morgan fingerprint density at radius 3 is 2.17 bits per heavy atom. The van der Waals surface area contributed by atoms with Gasteiger partial charge in [0.25, 0.3) is 5.91 Å². The quantitative estimate of drug-likeness (QED) is 0.774. The Morgan fingerprint density at radius 2 is 1.55 bits per heavy atom. The lowest BCUT2D eigenvalue weighted by Crippen LogP contribution is -2.54. The van der Waals surface area contributed by atoms with E-state index < -0.39 is 6.04 Å². The van der Waals surface area contributed by atoms with E-state index in [-0.39, 0.29) is 35.6 Å². The van der Waals surface area contributed by atoms with Crippen molar-refractivity contribution in [1.82, 2.24) is 15.5 Å². The van der Waals surface area contributed by atoms with Crippen LogP contribution in [0.2, 0.25) is 0 Å². The zero-order valence-corrected chi connectivity index (χ0v) is 16.9. The van der Waals surface area contributed by atoms with Gasteiger partial charge in [0, 0.05) is 30.6 Å². The number of rotatable bonds is 6. The highest BCUT2D eigenvalue weighted by Crippen LogP contribution is 2.29. The lowest BCUT2D eigenvalue weighted by atomic mass is 9.87. The Balaban J connectivity index is 1.39. The molecular weight excluding hydrogens is 366 g/mol. The molecule has 1 atom stereocenters. The summed E-state index contributed by atoms with van der Waals surface area (Å²) < 4.78 is 0. The lowest BCUT2D eigenvalue weighted by molar-refractivity contribution is -0.137. The van der Waals surface area contributed by atoms with Crippen molar-refractivity contribution in [1.29, 1.82) is 0 Å². The largest absolute Gasteiger partial charge is 0.352 e. The molecular formula is C23H31N3O3. The number of hydrogen-bond donors (Lipinski definition) is 2. The highest BCUT2D eigenvalue weighted by molar-refractivity contribution is 5.97. The predicted molar refractivity (Wildman–Crippen MR) is 110 cm³/mol. The van der Waals surface area contributed by atoms with Crippen LogP contribution < -0.4 is 10.6 Å². The topological polar surface area (TPSA) is 78.5 Å². The van der Waals surface area contributed by atoms with Crippen LogP contribution in [0.25, 0.3) is 0 Å². The molecule has 29 heavy (non-hydrogen) atoms. The first-order valence-corrected chi connectivity index (χ1v) is 11.1. The summed E-state index contributed by atoms with van der Waals surface area (Å²) in [6.45, 7) is 1.35. The van der Waals surface area contributed by atoms with Crippen LogP contribution in [-0.4, -0.2) is 47.8 Å². The number of carbonyl (C=O) groups excluding carboxylic acids is 3. The molecule has 6 heteroatoms. The minimum atomic E-state index is -0.549. The summed E-state index contributed by atoms with van der Waals surface area (Å²) in [6, 6.07) is 8.73. The summed E-state index contributed by atoms with van der Waals surface area (Å²) in [4.78, 5) is 40.3. The number of hydrogen-bond acceptors (Lipinski definition) is 3. The number of amides is 3. The molecule has 1 heterocycles. The van der Waals surface area contributed by atoms with Crippen LogP contribution in [0.4, 0.5) is 0 Å². The van der Waals surface area contributed by atoms with Gasteiger partial charge in [0.2, 0.25) is 11.8 Å². The van der Waals surface area contributed by atoms with Gasteiger partial charge in [0.05, 0.1) is 0 Å². The van der Waals surface area contributed by atoms with E-state index in [0.29, 0.717) is 18.7 Å². The van der Waals surface area contributed by atoms with Crippen LogP contribution in [0.1, 0.15) is 61.7 Å². The van der Waals surface area contributed by atoms with Gasteiger partial charge in [-0.1, -0.05) is 31.0 Å². The minimum absolute atomic E-state index is 0.0500. The SMILES string of the molecule is O=C(N[C@@H](C(=O)NC1CC1)C1CCN(C(=O)C2CCCC2)CC1)c1ccccc1. The maximum atomic E-state index is 12.9. The third kappa shape index (κ3) is 4.98. The molecule has 0 spiro atoms. The van der Waals surface area contributed by atoms with Gasteiger partial charge in [-0.15, -0.1) is 0 Å². The molecule has 0 unspecified atom stereocenters. The summed E-state index contributed by atoms with van der Waals surface area (Å²) in [7, 11) is 0. The molecule has 156 valence electrons. The molecule has 3 aliphatic rings. The highest BCUT2D eigenvalue weighted by atomic mass is 16.2. The maximum absolute atomic E-state index is 12.9. The van der Waals surface area contributed by atoms with Crippen molar-refractivity contribution in [2.45, 2.75) is 63.5 Å². The van der Waals surface area contributed by atoms with E-state index in [1.807, 2.05) is 23.1 Å².